The van der Waals surface area contributed by atoms with Gasteiger partial charge in [-0.05, 0) is 25.3 Å². The van der Waals surface area contributed by atoms with Gasteiger partial charge in [0, 0.05) is 23.2 Å². The molecule has 0 aromatic carbocycles. The van der Waals surface area contributed by atoms with E-state index < -0.39 is 0 Å². The molecule has 2 heterocycles. The summed E-state index contributed by atoms with van der Waals surface area (Å²) in [6.07, 6.45) is 0. The molecule has 6 heteroatoms. The molecule has 17 heavy (non-hydrogen) atoms. The second kappa shape index (κ2) is 6.18. The molecule has 0 aliphatic carbocycles. The molecule has 0 spiro atoms. The van der Waals surface area contributed by atoms with Gasteiger partial charge in [0.1, 0.15) is 5.82 Å². The molecule has 0 fully saturated rings. The number of aromatic nitrogens is 3. The molecule has 2 rings (SSSR count). The second-order valence-electron chi connectivity index (χ2n) is 3.74. The fourth-order valence-electron chi connectivity index (χ4n) is 1.44. The quantitative estimate of drug-likeness (QED) is 0.624. The van der Waals surface area contributed by atoms with E-state index in [4.69, 9.17) is 0 Å². The van der Waals surface area contributed by atoms with Crippen molar-refractivity contribution in [2.75, 3.05) is 12.3 Å². The van der Waals surface area contributed by atoms with E-state index in [1.807, 2.05) is 6.92 Å². The van der Waals surface area contributed by atoms with E-state index in [1.165, 1.54) is 4.88 Å². The molecule has 0 saturated carbocycles. The first-order chi connectivity index (χ1) is 8.25. The summed E-state index contributed by atoms with van der Waals surface area (Å²) in [6.45, 7) is 5.05. The second-order valence-corrected chi connectivity index (χ2v) is 5.78. The molecule has 1 atom stereocenters. The smallest absolute Gasteiger partial charge is 0.208 e. The Morgan fingerprint density at radius 1 is 1.59 bits per heavy atom. The number of hydrogen-bond acceptors (Lipinski definition) is 5. The Labute approximate surface area is 109 Å². The maximum Gasteiger partial charge on any atom is 0.208 e. The van der Waals surface area contributed by atoms with Crippen LogP contribution in [0.4, 0.5) is 0 Å². The van der Waals surface area contributed by atoms with Crippen LogP contribution < -0.4 is 5.32 Å². The number of rotatable bonds is 6. The number of hydrogen-bond donors (Lipinski definition) is 2. The van der Waals surface area contributed by atoms with Gasteiger partial charge in [-0.15, -0.1) is 16.4 Å². The van der Waals surface area contributed by atoms with Crippen LogP contribution in [0.25, 0.3) is 0 Å². The summed E-state index contributed by atoms with van der Waals surface area (Å²) >= 11 is 3.46. The van der Waals surface area contributed by atoms with Crippen molar-refractivity contribution >= 4 is 23.1 Å². The predicted octanol–water partition coefficient (Wildman–Crippen LogP) is 2.62. The lowest BCUT2D eigenvalue weighted by Gasteiger charge is -2.10. The van der Waals surface area contributed by atoms with Gasteiger partial charge < -0.3 is 5.32 Å². The highest BCUT2D eigenvalue weighted by Gasteiger charge is 2.05. The summed E-state index contributed by atoms with van der Waals surface area (Å²) in [6, 6.07) is 4.67. The number of aromatic amines is 1. The fourth-order valence-corrected chi connectivity index (χ4v) is 2.92. The standard InChI is InChI=1S/C11H16N4S2/c1-8(10-4-3-6-16-10)12-5-7-17-11-13-9(2)14-15-11/h3-4,6,8,12H,5,7H2,1-2H3,(H,13,14,15). The largest absolute Gasteiger partial charge is 0.309 e. The summed E-state index contributed by atoms with van der Waals surface area (Å²) in [7, 11) is 0. The zero-order chi connectivity index (χ0) is 12.1. The highest BCUT2D eigenvalue weighted by atomic mass is 32.2. The third kappa shape index (κ3) is 3.83. The molecule has 2 aromatic rings. The van der Waals surface area contributed by atoms with Crippen LogP contribution in [0.1, 0.15) is 23.7 Å². The minimum atomic E-state index is 0.421. The summed E-state index contributed by atoms with van der Waals surface area (Å²) in [5.74, 6) is 1.85. The third-order valence-electron chi connectivity index (χ3n) is 2.33. The fraction of sp³-hybridized carbons (Fsp3) is 0.455. The highest BCUT2D eigenvalue weighted by molar-refractivity contribution is 7.99. The van der Waals surface area contributed by atoms with Crippen LogP contribution in [-0.4, -0.2) is 27.5 Å². The average molecular weight is 268 g/mol. The molecular formula is C11H16N4S2. The minimum absolute atomic E-state index is 0.421. The van der Waals surface area contributed by atoms with E-state index in [0.29, 0.717) is 6.04 Å². The van der Waals surface area contributed by atoms with Gasteiger partial charge in [-0.1, -0.05) is 17.8 Å². The number of nitrogens with one attached hydrogen (secondary N) is 2. The molecule has 0 saturated heterocycles. The summed E-state index contributed by atoms with van der Waals surface area (Å²) in [4.78, 5) is 5.63. The highest BCUT2D eigenvalue weighted by Crippen LogP contribution is 2.18. The van der Waals surface area contributed by atoms with Crippen LogP contribution in [-0.2, 0) is 0 Å². The summed E-state index contributed by atoms with van der Waals surface area (Å²) < 4.78 is 0. The molecular weight excluding hydrogens is 252 g/mol. The lowest BCUT2D eigenvalue weighted by molar-refractivity contribution is 0.610. The van der Waals surface area contributed by atoms with Crippen molar-refractivity contribution in [3.63, 3.8) is 0 Å². The molecule has 0 aliphatic heterocycles. The lowest BCUT2D eigenvalue weighted by Crippen LogP contribution is -2.20. The summed E-state index contributed by atoms with van der Waals surface area (Å²) in [5, 5.41) is 13.3. The number of thiophene rings is 1. The monoisotopic (exact) mass is 268 g/mol. The maximum absolute atomic E-state index is 4.25. The van der Waals surface area contributed by atoms with Crippen LogP contribution in [0.2, 0.25) is 0 Å². The van der Waals surface area contributed by atoms with Crippen LogP contribution in [0.5, 0.6) is 0 Å². The first-order valence-electron chi connectivity index (χ1n) is 5.54. The first-order valence-corrected chi connectivity index (χ1v) is 7.41. The Bertz CT molecular complexity index is 438. The predicted molar refractivity (Wildman–Crippen MR) is 72.6 cm³/mol. The third-order valence-corrected chi connectivity index (χ3v) is 4.23. The Morgan fingerprint density at radius 3 is 3.12 bits per heavy atom. The van der Waals surface area contributed by atoms with Crippen molar-refractivity contribution in [2.24, 2.45) is 0 Å². The minimum Gasteiger partial charge on any atom is -0.309 e. The van der Waals surface area contributed by atoms with Crippen molar-refractivity contribution in [3.8, 4) is 0 Å². The zero-order valence-electron chi connectivity index (χ0n) is 9.93. The van der Waals surface area contributed by atoms with Gasteiger partial charge in [-0.2, -0.15) is 0 Å². The van der Waals surface area contributed by atoms with Crippen molar-refractivity contribution in [2.45, 2.75) is 25.0 Å². The van der Waals surface area contributed by atoms with Crippen LogP contribution >= 0.6 is 23.1 Å². The first kappa shape index (κ1) is 12.6. The molecule has 92 valence electrons. The van der Waals surface area contributed by atoms with E-state index in [9.17, 15) is 0 Å². The Kier molecular flexibility index (Phi) is 4.58. The van der Waals surface area contributed by atoms with Crippen LogP contribution in [0.15, 0.2) is 22.7 Å². The number of thioether (sulfide) groups is 1. The van der Waals surface area contributed by atoms with Crippen molar-refractivity contribution in [1.29, 1.82) is 0 Å². The van der Waals surface area contributed by atoms with Crippen molar-refractivity contribution < 1.29 is 0 Å². The normalized spacial score (nSPS) is 12.8. The van der Waals surface area contributed by atoms with Crippen molar-refractivity contribution in [3.05, 3.63) is 28.2 Å². The number of aryl methyl sites for hydroxylation is 1. The van der Waals surface area contributed by atoms with Crippen molar-refractivity contribution in [1.82, 2.24) is 20.5 Å². The van der Waals surface area contributed by atoms with Gasteiger partial charge in [-0.3, -0.25) is 5.10 Å². The molecule has 0 amide bonds. The number of nitrogens with zero attached hydrogens (tertiary/aromatic N) is 2. The van der Waals surface area contributed by atoms with Crippen LogP contribution in [0, 0.1) is 6.92 Å². The van der Waals surface area contributed by atoms with Gasteiger partial charge in [0.25, 0.3) is 0 Å². The van der Waals surface area contributed by atoms with Gasteiger partial charge in [0.05, 0.1) is 0 Å². The molecule has 2 aromatic heterocycles. The van der Waals surface area contributed by atoms with Crippen LogP contribution in [0.3, 0.4) is 0 Å². The van der Waals surface area contributed by atoms with E-state index in [1.54, 1.807) is 23.1 Å². The van der Waals surface area contributed by atoms with Gasteiger partial charge >= 0.3 is 0 Å². The lowest BCUT2D eigenvalue weighted by atomic mass is 10.3. The SMILES string of the molecule is Cc1nc(SCCNC(C)c2cccs2)n[nH]1. The van der Waals surface area contributed by atoms with Gasteiger partial charge in [0.15, 0.2) is 0 Å². The topological polar surface area (TPSA) is 53.6 Å². The Hall–Kier alpha value is -0.850. The Balaban J connectivity index is 1.66. The maximum atomic E-state index is 4.25. The average Bonchev–Trinajstić information content (AvgIpc) is 2.95. The molecule has 0 radical (unpaired) electrons. The summed E-state index contributed by atoms with van der Waals surface area (Å²) in [5.41, 5.74) is 0. The molecule has 0 aliphatic rings. The molecule has 2 N–H and O–H groups in total. The number of H-pyrrole nitrogens is 1. The molecule has 4 nitrogen and oxygen atoms in total. The Morgan fingerprint density at radius 2 is 2.47 bits per heavy atom. The van der Waals surface area contributed by atoms with Gasteiger partial charge in [0.2, 0.25) is 5.16 Å². The zero-order valence-corrected chi connectivity index (χ0v) is 11.6. The van der Waals surface area contributed by atoms with Gasteiger partial charge in [-0.25, -0.2) is 4.98 Å². The van der Waals surface area contributed by atoms with E-state index >= 15 is 0 Å². The molecule has 1 unspecified atom stereocenters. The molecule has 0 bridgehead atoms. The van der Waals surface area contributed by atoms with E-state index in [2.05, 4.69) is 44.9 Å². The van der Waals surface area contributed by atoms with E-state index in [0.717, 1.165) is 23.3 Å². The van der Waals surface area contributed by atoms with E-state index in [-0.39, 0.29) is 0 Å².